The number of carboxylic acid groups (broad SMARTS) is 1. The summed E-state index contributed by atoms with van der Waals surface area (Å²) in [5.74, 6) is -1.16. The Morgan fingerprint density at radius 1 is 1.24 bits per heavy atom. The van der Waals surface area contributed by atoms with E-state index in [1.807, 2.05) is 0 Å². The van der Waals surface area contributed by atoms with Crippen LogP contribution >= 0.6 is 34.5 Å². The molecule has 1 heterocycles. The van der Waals surface area contributed by atoms with Crippen molar-refractivity contribution in [3.05, 3.63) is 73.6 Å². The zero-order chi connectivity index (χ0) is 21.0. The molecule has 3 rings (SSSR count). The van der Waals surface area contributed by atoms with Crippen molar-refractivity contribution in [2.24, 2.45) is 0 Å². The normalized spacial score (nSPS) is 11.8. The van der Waals surface area contributed by atoms with Gasteiger partial charge in [0.15, 0.2) is 5.13 Å². The van der Waals surface area contributed by atoms with Gasteiger partial charge < -0.3 is 5.11 Å². The number of carbonyl (C=O) groups is 1. The van der Waals surface area contributed by atoms with Crippen LogP contribution in [0.4, 0.5) is 10.8 Å². The maximum absolute atomic E-state index is 11.6. The molecule has 3 N–H and O–H groups in total. The fourth-order valence-corrected chi connectivity index (χ4v) is 3.53. The van der Waals surface area contributed by atoms with E-state index in [-0.39, 0.29) is 12.1 Å². The highest BCUT2D eigenvalue weighted by molar-refractivity contribution is 7.14. The van der Waals surface area contributed by atoms with Gasteiger partial charge in [0.25, 0.3) is 5.69 Å². The number of thiazole rings is 1. The van der Waals surface area contributed by atoms with Gasteiger partial charge in [0.05, 0.1) is 20.7 Å². The summed E-state index contributed by atoms with van der Waals surface area (Å²) in [6, 6.07) is 10.0. The summed E-state index contributed by atoms with van der Waals surface area (Å²) >= 11 is 13.2. The third-order valence-electron chi connectivity index (χ3n) is 3.98. The monoisotopic (exact) mass is 452 g/mol. The van der Waals surface area contributed by atoms with Crippen LogP contribution in [0.1, 0.15) is 5.56 Å². The first-order chi connectivity index (χ1) is 13.8. The van der Waals surface area contributed by atoms with E-state index in [9.17, 15) is 20.0 Å². The summed E-state index contributed by atoms with van der Waals surface area (Å²) in [5, 5.41) is 23.6. The highest BCUT2D eigenvalue weighted by atomic mass is 35.5. The molecule has 0 bridgehead atoms. The van der Waals surface area contributed by atoms with Crippen LogP contribution in [0.3, 0.4) is 0 Å². The second-order valence-electron chi connectivity index (χ2n) is 5.92. The topological polar surface area (TPSA) is 117 Å². The van der Waals surface area contributed by atoms with Crippen molar-refractivity contribution < 1.29 is 14.8 Å². The van der Waals surface area contributed by atoms with Crippen molar-refractivity contribution >= 4 is 51.3 Å². The van der Waals surface area contributed by atoms with Gasteiger partial charge in [-0.05, 0) is 12.1 Å². The smallest absolute Gasteiger partial charge is 0.322 e. The van der Waals surface area contributed by atoms with Gasteiger partial charge >= 0.3 is 5.97 Å². The summed E-state index contributed by atoms with van der Waals surface area (Å²) in [6.45, 7) is 0. The average Bonchev–Trinajstić information content (AvgIpc) is 3.16. The predicted octanol–water partition coefficient (Wildman–Crippen LogP) is 4.64. The minimum Gasteiger partial charge on any atom is -0.480 e. The zero-order valence-electron chi connectivity index (χ0n) is 14.6. The number of hydrazine groups is 1. The van der Waals surface area contributed by atoms with Crippen LogP contribution in [0.2, 0.25) is 10.0 Å². The summed E-state index contributed by atoms with van der Waals surface area (Å²) in [7, 11) is 0. The molecule has 0 spiro atoms. The number of carboxylic acids is 1. The first-order valence-corrected chi connectivity index (χ1v) is 9.86. The molecule has 0 aliphatic heterocycles. The fraction of sp³-hybridized carbons (Fsp3) is 0.111. The van der Waals surface area contributed by atoms with E-state index in [2.05, 4.69) is 15.8 Å². The molecule has 1 aromatic heterocycles. The Kier molecular flexibility index (Phi) is 6.65. The number of nitrogens with one attached hydrogen (secondary N) is 2. The van der Waals surface area contributed by atoms with Gasteiger partial charge in [-0.15, -0.1) is 11.3 Å². The number of rotatable bonds is 8. The Morgan fingerprint density at radius 2 is 2.00 bits per heavy atom. The first-order valence-electron chi connectivity index (χ1n) is 8.22. The van der Waals surface area contributed by atoms with E-state index in [0.717, 1.165) is 5.56 Å². The number of benzene rings is 2. The molecule has 2 aromatic carbocycles. The number of hydrogen-bond donors (Lipinski definition) is 3. The SMILES string of the molecule is O=C(O)C(Cc1ccccc1[N+](=O)[O-])NNc1nc(-c2ccc(Cl)c(Cl)c2)cs1. The number of aromatic nitrogens is 1. The molecule has 0 amide bonds. The van der Waals surface area contributed by atoms with Crippen LogP contribution in [0, 0.1) is 10.1 Å². The molecule has 0 radical (unpaired) electrons. The highest BCUT2D eigenvalue weighted by Crippen LogP contribution is 2.30. The van der Waals surface area contributed by atoms with Crippen LogP contribution in [0.15, 0.2) is 47.8 Å². The van der Waals surface area contributed by atoms with Crippen molar-refractivity contribution in [3.8, 4) is 11.3 Å². The summed E-state index contributed by atoms with van der Waals surface area (Å²) in [5.41, 5.74) is 7.01. The van der Waals surface area contributed by atoms with E-state index in [0.29, 0.717) is 26.4 Å². The lowest BCUT2D eigenvalue weighted by atomic mass is 10.0. The number of para-hydroxylation sites is 1. The second kappa shape index (κ2) is 9.19. The second-order valence-corrected chi connectivity index (χ2v) is 7.59. The lowest BCUT2D eigenvalue weighted by Crippen LogP contribution is -2.42. The van der Waals surface area contributed by atoms with Crippen LogP contribution < -0.4 is 10.9 Å². The summed E-state index contributed by atoms with van der Waals surface area (Å²) < 4.78 is 0. The molecule has 11 heteroatoms. The van der Waals surface area contributed by atoms with Gasteiger partial charge in [-0.25, -0.2) is 10.4 Å². The van der Waals surface area contributed by atoms with Crippen molar-refractivity contribution in [1.29, 1.82) is 0 Å². The number of nitro benzene ring substituents is 1. The van der Waals surface area contributed by atoms with Crippen LogP contribution in [-0.2, 0) is 11.2 Å². The van der Waals surface area contributed by atoms with E-state index < -0.39 is 16.9 Å². The number of anilines is 1. The molecule has 0 saturated heterocycles. The van der Waals surface area contributed by atoms with E-state index >= 15 is 0 Å². The van der Waals surface area contributed by atoms with E-state index in [1.54, 1.807) is 29.6 Å². The summed E-state index contributed by atoms with van der Waals surface area (Å²) in [6.07, 6.45) is -0.0789. The van der Waals surface area contributed by atoms with Crippen LogP contribution in [0.25, 0.3) is 11.3 Å². The Morgan fingerprint density at radius 3 is 2.69 bits per heavy atom. The number of halogens is 2. The highest BCUT2D eigenvalue weighted by Gasteiger charge is 2.23. The average molecular weight is 453 g/mol. The molecule has 1 unspecified atom stereocenters. The Labute approximate surface area is 179 Å². The molecule has 0 aliphatic carbocycles. The number of nitrogens with zero attached hydrogens (tertiary/aromatic N) is 2. The van der Waals surface area contributed by atoms with E-state index in [4.69, 9.17) is 23.2 Å². The molecular weight excluding hydrogens is 439 g/mol. The lowest BCUT2D eigenvalue weighted by Gasteiger charge is -2.14. The Balaban J connectivity index is 1.70. The van der Waals surface area contributed by atoms with Gasteiger partial charge in [0, 0.05) is 29.0 Å². The zero-order valence-corrected chi connectivity index (χ0v) is 17.0. The van der Waals surface area contributed by atoms with E-state index in [1.165, 1.54) is 29.5 Å². The third kappa shape index (κ3) is 5.21. The molecule has 3 aromatic rings. The van der Waals surface area contributed by atoms with Crippen LogP contribution in [0.5, 0.6) is 0 Å². The molecule has 8 nitrogen and oxygen atoms in total. The Hall–Kier alpha value is -2.72. The largest absolute Gasteiger partial charge is 0.480 e. The van der Waals surface area contributed by atoms with Gasteiger partial charge in [-0.1, -0.05) is 47.5 Å². The first kappa shape index (κ1) is 21.0. The van der Waals surface area contributed by atoms with Gasteiger partial charge in [-0.2, -0.15) is 0 Å². The summed E-state index contributed by atoms with van der Waals surface area (Å²) in [4.78, 5) is 26.6. The van der Waals surface area contributed by atoms with Gasteiger partial charge in [0.1, 0.15) is 6.04 Å². The number of hydrogen-bond acceptors (Lipinski definition) is 7. The quantitative estimate of drug-likeness (QED) is 0.336. The van der Waals surface area contributed by atoms with Crippen molar-refractivity contribution in [2.45, 2.75) is 12.5 Å². The third-order valence-corrected chi connectivity index (χ3v) is 5.48. The molecule has 0 aliphatic rings. The lowest BCUT2D eigenvalue weighted by molar-refractivity contribution is -0.385. The fourth-order valence-electron chi connectivity index (χ4n) is 2.55. The molecule has 150 valence electrons. The van der Waals surface area contributed by atoms with Crippen LogP contribution in [-0.4, -0.2) is 27.0 Å². The van der Waals surface area contributed by atoms with Gasteiger partial charge in [0.2, 0.25) is 0 Å². The molecule has 1 atom stereocenters. The van der Waals surface area contributed by atoms with Crippen molar-refractivity contribution in [3.63, 3.8) is 0 Å². The maximum Gasteiger partial charge on any atom is 0.322 e. The minimum absolute atomic E-state index is 0.0789. The molecule has 0 fully saturated rings. The molecule has 29 heavy (non-hydrogen) atoms. The molecular formula is C18H14Cl2N4O4S. The van der Waals surface area contributed by atoms with Crippen molar-refractivity contribution in [1.82, 2.24) is 10.4 Å². The number of nitro groups is 1. The van der Waals surface area contributed by atoms with Gasteiger partial charge in [-0.3, -0.25) is 20.3 Å². The molecule has 0 saturated carbocycles. The minimum atomic E-state index is -1.16. The Bertz CT molecular complexity index is 1060. The number of aliphatic carboxylic acids is 1. The standard InChI is InChI=1S/C18H14Cl2N4O4S/c19-12-6-5-10(7-13(12)20)15-9-29-18(21-15)23-22-14(17(25)26)8-11-3-1-2-4-16(11)24(27)28/h1-7,9,14,22H,8H2,(H,21,23)(H,25,26). The van der Waals surface area contributed by atoms with Crippen molar-refractivity contribution in [2.75, 3.05) is 5.43 Å². The maximum atomic E-state index is 11.6. The predicted molar refractivity (Wildman–Crippen MR) is 113 cm³/mol.